The Balaban J connectivity index is 2.18. The van der Waals surface area contributed by atoms with Crippen LogP contribution in [0.4, 0.5) is 0 Å². The molecule has 0 radical (unpaired) electrons. The Bertz CT molecular complexity index is 751. The van der Waals surface area contributed by atoms with Gasteiger partial charge >= 0.3 is 0 Å². The summed E-state index contributed by atoms with van der Waals surface area (Å²) in [7, 11) is 0. The van der Waals surface area contributed by atoms with E-state index < -0.39 is 0 Å². The minimum absolute atomic E-state index is 0.00741. The summed E-state index contributed by atoms with van der Waals surface area (Å²) in [5.41, 5.74) is 1.69. The van der Waals surface area contributed by atoms with Crippen molar-refractivity contribution in [3.8, 4) is 11.5 Å². The van der Waals surface area contributed by atoms with Crippen molar-refractivity contribution in [2.75, 3.05) is 0 Å². The summed E-state index contributed by atoms with van der Waals surface area (Å²) in [5.74, 6) is 0.479. The maximum Gasteiger partial charge on any atom is 0.167 e. The van der Waals surface area contributed by atoms with Gasteiger partial charge in [-0.3, -0.25) is 9.78 Å². The molecule has 1 aromatic heterocycles. The highest BCUT2D eigenvalue weighted by Crippen LogP contribution is 2.33. The largest absolute Gasteiger partial charge is 0.507 e. The molecule has 24 heavy (non-hydrogen) atoms. The highest BCUT2D eigenvalue weighted by molar-refractivity contribution is 9.10. The van der Waals surface area contributed by atoms with E-state index in [0.717, 1.165) is 10.0 Å². The first-order valence-electron chi connectivity index (χ1n) is 7.76. The number of rotatable bonds is 5. The van der Waals surface area contributed by atoms with Gasteiger partial charge in [0.2, 0.25) is 0 Å². The van der Waals surface area contributed by atoms with Gasteiger partial charge in [-0.2, -0.15) is 0 Å². The maximum absolute atomic E-state index is 12.4. The summed E-state index contributed by atoms with van der Waals surface area (Å²) in [4.78, 5) is 16.4. The van der Waals surface area contributed by atoms with Gasteiger partial charge in [0, 0.05) is 34.4 Å². The van der Waals surface area contributed by atoms with Crippen LogP contribution in [0.5, 0.6) is 11.5 Å². The molecule has 0 saturated heterocycles. The Morgan fingerprint density at radius 1 is 1.29 bits per heavy atom. The molecule has 0 atom stereocenters. The number of halogens is 1. The maximum atomic E-state index is 12.4. The molecule has 0 bridgehead atoms. The highest BCUT2D eigenvalue weighted by Gasteiger charge is 2.21. The van der Waals surface area contributed by atoms with Crippen molar-refractivity contribution in [3.05, 3.63) is 51.8 Å². The third kappa shape index (κ3) is 4.57. The lowest BCUT2D eigenvalue weighted by Crippen LogP contribution is -2.13. The molecule has 0 aliphatic heterocycles. The number of carbonyl (C=O) groups excluding carboxylic acids is 1. The monoisotopic (exact) mass is 391 g/mol. The minimum Gasteiger partial charge on any atom is -0.507 e. The summed E-state index contributed by atoms with van der Waals surface area (Å²) in [6.07, 6.45) is 3.80. The fraction of sp³-hybridized carbons (Fsp3) is 0.368. The standard InChI is InChI=1S/C19H22BrNO3/c1-12-17(24-11-13-10-21-8-7-15(13)20)6-5-14(18(12)23)16(22)9-19(2,3)4/h5-8,10,23H,9,11H2,1-4H3. The van der Waals surface area contributed by atoms with Crippen LogP contribution in [0.1, 0.15) is 48.7 Å². The molecule has 0 spiro atoms. The van der Waals surface area contributed by atoms with Crippen LogP contribution in [0.3, 0.4) is 0 Å². The van der Waals surface area contributed by atoms with Crippen molar-refractivity contribution >= 4 is 21.7 Å². The Morgan fingerprint density at radius 2 is 2.00 bits per heavy atom. The fourth-order valence-corrected chi connectivity index (χ4v) is 2.65. The average Bonchev–Trinajstić information content (AvgIpc) is 2.48. The molecule has 128 valence electrons. The molecule has 0 aliphatic carbocycles. The molecule has 2 rings (SSSR count). The van der Waals surface area contributed by atoms with Crippen LogP contribution >= 0.6 is 15.9 Å². The molecule has 2 aromatic rings. The van der Waals surface area contributed by atoms with E-state index in [1.807, 2.05) is 26.8 Å². The lowest BCUT2D eigenvalue weighted by Gasteiger charge is -2.18. The summed E-state index contributed by atoms with van der Waals surface area (Å²) >= 11 is 3.45. The van der Waals surface area contributed by atoms with E-state index in [-0.39, 0.29) is 16.9 Å². The molecule has 0 fully saturated rings. The van der Waals surface area contributed by atoms with Crippen LogP contribution in [0.25, 0.3) is 0 Å². The van der Waals surface area contributed by atoms with E-state index in [1.54, 1.807) is 31.5 Å². The number of ketones is 1. The third-order valence-electron chi connectivity index (χ3n) is 3.60. The number of hydrogen-bond donors (Lipinski definition) is 1. The molecule has 4 nitrogen and oxygen atoms in total. The number of phenols is 1. The topological polar surface area (TPSA) is 59.4 Å². The van der Waals surface area contributed by atoms with Crippen molar-refractivity contribution in [3.63, 3.8) is 0 Å². The molecule has 0 aliphatic rings. The number of aromatic hydroxyl groups is 1. The molecular weight excluding hydrogens is 370 g/mol. The van der Waals surface area contributed by atoms with Gasteiger partial charge < -0.3 is 9.84 Å². The van der Waals surface area contributed by atoms with Crippen LogP contribution in [-0.2, 0) is 6.61 Å². The SMILES string of the molecule is Cc1c(OCc2cnccc2Br)ccc(C(=O)CC(C)(C)C)c1O. The number of phenolic OH excluding ortho intramolecular Hbond substituents is 1. The molecule has 1 aromatic carbocycles. The number of aromatic nitrogens is 1. The Kier molecular flexibility index (Phi) is 5.65. The van der Waals surface area contributed by atoms with Crippen molar-refractivity contribution in [1.29, 1.82) is 0 Å². The van der Waals surface area contributed by atoms with Gasteiger partial charge in [-0.05, 0) is 30.5 Å². The molecule has 0 amide bonds. The second kappa shape index (κ2) is 7.34. The van der Waals surface area contributed by atoms with Crippen molar-refractivity contribution < 1.29 is 14.6 Å². The zero-order valence-corrected chi connectivity index (χ0v) is 16.0. The number of hydrogen-bond acceptors (Lipinski definition) is 4. The lowest BCUT2D eigenvalue weighted by atomic mass is 9.87. The number of Topliss-reactive ketones (excluding diaryl/α,β-unsaturated/α-hetero) is 1. The Hall–Kier alpha value is -1.88. The van der Waals surface area contributed by atoms with E-state index in [1.165, 1.54) is 0 Å². The second-order valence-electron chi connectivity index (χ2n) is 7.00. The molecule has 1 N–H and O–H groups in total. The smallest absolute Gasteiger partial charge is 0.167 e. The summed E-state index contributed by atoms with van der Waals surface area (Å²) in [5, 5.41) is 10.4. The first-order chi connectivity index (χ1) is 11.2. The average molecular weight is 392 g/mol. The van der Waals surface area contributed by atoms with Crippen LogP contribution in [-0.4, -0.2) is 15.9 Å². The van der Waals surface area contributed by atoms with Crippen LogP contribution in [0.2, 0.25) is 0 Å². The zero-order valence-electron chi connectivity index (χ0n) is 14.4. The fourth-order valence-electron chi connectivity index (χ4n) is 2.31. The second-order valence-corrected chi connectivity index (χ2v) is 7.86. The van der Waals surface area contributed by atoms with E-state index in [4.69, 9.17) is 4.74 Å². The number of carbonyl (C=O) groups is 1. The predicted molar refractivity (Wildman–Crippen MR) is 97.5 cm³/mol. The lowest BCUT2D eigenvalue weighted by molar-refractivity contribution is 0.0937. The molecule has 1 heterocycles. The van der Waals surface area contributed by atoms with Crippen LogP contribution in [0, 0.1) is 12.3 Å². The van der Waals surface area contributed by atoms with Crippen molar-refractivity contribution in [2.24, 2.45) is 5.41 Å². The Labute approximate surface area is 151 Å². The van der Waals surface area contributed by atoms with E-state index in [9.17, 15) is 9.90 Å². The quantitative estimate of drug-likeness (QED) is 0.723. The van der Waals surface area contributed by atoms with Gasteiger partial charge in [0.25, 0.3) is 0 Å². The third-order valence-corrected chi connectivity index (χ3v) is 4.37. The number of pyridine rings is 1. The first kappa shape index (κ1) is 18.5. The molecule has 5 heteroatoms. The number of nitrogens with zero attached hydrogens (tertiary/aromatic N) is 1. The number of ether oxygens (including phenoxy) is 1. The Morgan fingerprint density at radius 3 is 2.62 bits per heavy atom. The van der Waals surface area contributed by atoms with Crippen LogP contribution < -0.4 is 4.74 Å². The van der Waals surface area contributed by atoms with Gasteiger partial charge in [0.05, 0.1) is 5.56 Å². The normalized spacial score (nSPS) is 11.4. The zero-order chi connectivity index (χ0) is 17.9. The summed E-state index contributed by atoms with van der Waals surface area (Å²) in [6, 6.07) is 5.20. The molecule has 0 saturated carbocycles. The summed E-state index contributed by atoms with van der Waals surface area (Å²) < 4.78 is 6.69. The predicted octanol–water partition coefficient (Wildman–Crippen LogP) is 5.06. The van der Waals surface area contributed by atoms with Gasteiger partial charge in [-0.1, -0.05) is 36.7 Å². The van der Waals surface area contributed by atoms with Crippen molar-refractivity contribution in [2.45, 2.75) is 40.7 Å². The van der Waals surface area contributed by atoms with Gasteiger partial charge in [0.1, 0.15) is 18.1 Å². The molecule has 0 unspecified atom stereocenters. The van der Waals surface area contributed by atoms with Gasteiger partial charge in [-0.15, -0.1) is 0 Å². The summed E-state index contributed by atoms with van der Waals surface area (Å²) in [6.45, 7) is 8.06. The van der Waals surface area contributed by atoms with Gasteiger partial charge in [0.15, 0.2) is 5.78 Å². The van der Waals surface area contributed by atoms with E-state index in [2.05, 4.69) is 20.9 Å². The van der Waals surface area contributed by atoms with Crippen molar-refractivity contribution in [1.82, 2.24) is 4.98 Å². The highest BCUT2D eigenvalue weighted by atomic mass is 79.9. The first-order valence-corrected chi connectivity index (χ1v) is 8.55. The minimum atomic E-state index is -0.126. The van der Waals surface area contributed by atoms with Crippen LogP contribution in [0.15, 0.2) is 35.1 Å². The van der Waals surface area contributed by atoms with Gasteiger partial charge in [-0.25, -0.2) is 0 Å². The van der Waals surface area contributed by atoms with E-state index in [0.29, 0.717) is 29.9 Å². The number of benzene rings is 1. The van der Waals surface area contributed by atoms with E-state index >= 15 is 0 Å². The molecular formula is C19H22BrNO3.